The van der Waals surface area contributed by atoms with Crippen LogP contribution in [0.1, 0.15) is 11.6 Å². The molecule has 98 valence electrons. The molecule has 0 aliphatic rings. The molecule has 2 aromatic heterocycles. The fraction of sp³-hybridized carbons (Fsp3) is 0.400. The maximum Gasteiger partial charge on any atom is 0.257 e. The summed E-state index contributed by atoms with van der Waals surface area (Å²) in [6.45, 7) is 2.35. The minimum atomic E-state index is -3.74. The summed E-state index contributed by atoms with van der Waals surface area (Å²) in [5, 5.41) is 4.94. The fourth-order valence-electron chi connectivity index (χ4n) is 1.70. The zero-order valence-electron chi connectivity index (χ0n) is 10.2. The van der Waals surface area contributed by atoms with Crippen LogP contribution < -0.4 is 5.14 Å². The van der Waals surface area contributed by atoms with Gasteiger partial charge >= 0.3 is 0 Å². The Bertz CT molecular complexity index is 656. The van der Waals surface area contributed by atoms with Gasteiger partial charge in [-0.15, -0.1) is 0 Å². The van der Waals surface area contributed by atoms with E-state index in [-0.39, 0.29) is 5.03 Å². The van der Waals surface area contributed by atoms with E-state index in [1.165, 1.54) is 6.20 Å². The lowest BCUT2D eigenvalue weighted by atomic mass is 10.4. The lowest BCUT2D eigenvalue weighted by Crippen LogP contribution is -2.12. The molecule has 0 bridgehead atoms. The van der Waals surface area contributed by atoms with Crippen LogP contribution in [0.5, 0.6) is 0 Å². The minimum absolute atomic E-state index is 0.0974. The molecule has 0 aliphatic carbocycles. The Labute approximate surface area is 105 Å². The van der Waals surface area contributed by atoms with E-state index in [2.05, 4.69) is 9.97 Å². The molecule has 0 spiro atoms. The quantitative estimate of drug-likeness (QED) is 0.832. The van der Waals surface area contributed by atoms with Crippen molar-refractivity contribution in [2.45, 2.75) is 24.9 Å². The van der Waals surface area contributed by atoms with E-state index in [1.54, 1.807) is 17.7 Å². The van der Waals surface area contributed by atoms with Gasteiger partial charge in [0.05, 0.1) is 0 Å². The summed E-state index contributed by atoms with van der Waals surface area (Å²) >= 11 is 0. The normalized spacial score (nSPS) is 11.9. The van der Waals surface area contributed by atoms with Crippen molar-refractivity contribution in [3.63, 3.8) is 0 Å². The van der Waals surface area contributed by atoms with Crippen molar-refractivity contribution in [1.82, 2.24) is 19.1 Å². The number of aryl methyl sites for hydroxylation is 4. The summed E-state index contributed by atoms with van der Waals surface area (Å²) in [7, 11) is -1.82. The summed E-state index contributed by atoms with van der Waals surface area (Å²) in [6, 6.07) is 0. The van der Waals surface area contributed by atoms with Crippen molar-refractivity contribution in [2.24, 2.45) is 12.2 Å². The van der Waals surface area contributed by atoms with Crippen LogP contribution in [0.4, 0.5) is 0 Å². The number of hydrogen-bond acceptors (Lipinski definition) is 4. The topological polar surface area (TPSA) is 95.8 Å². The van der Waals surface area contributed by atoms with Gasteiger partial charge in [0, 0.05) is 38.6 Å². The Morgan fingerprint density at radius 3 is 2.67 bits per heavy atom. The number of rotatable bonds is 4. The van der Waals surface area contributed by atoms with Gasteiger partial charge in [0.25, 0.3) is 10.0 Å². The molecule has 0 fully saturated rings. The number of primary sulfonamides is 1. The van der Waals surface area contributed by atoms with E-state index in [1.807, 2.05) is 17.8 Å². The van der Waals surface area contributed by atoms with E-state index in [9.17, 15) is 8.42 Å². The van der Waals surface area contributed by atoms with Crippen LogP contribution in [-0.4, -0.2) is 27.5 Å². The van der Waals surface area contributed by atoms with Crippen LogP contribution in [0.3, 0.4) is 0 Å². The second-order valence-corrected chi connectivity index (χ2v) is 5.58. The second-order valence-electron chi connectivity index (χ2n) is 4.07. The van der Waals surface area contributed by atoms with E-state index >= 15 is 0 Å². The summed E-state index contributed by atoms with van der Waals surface area (Å²) in [5.74, 6) is 1.55. The summed E-state index contributed by atoms with van der Waals surface area (Å²) < 4.78 is 26.0. The maximum absolute atomic E-state index is 11.2. The molecule has 2 aromatic rings. The summed E-state index contributed by atoms with van der Waals surface area (Å²) in [4.78, 5) is 8.13. The molecule has 2 rings (SSSR count). The number of hydrogen-bond donors (Lipinski definition) is 1. The molecule has 8 heteroatoms. The lowest BCUT2D eigenvalue weighted by Gasteiger charge is -2.04. The highest BCUT2D eigenvalue weighted by Gasteiger charge is 2.14. The molecular weight excluding hydrogens is 254 g/mol. The molecule has 18 heavy (non-hydrogen) atoms. The standard InChI is InChI=1S/C10H15N5O2S/c1-8-13-10(18(11,16)17)7-15(8)5-3-9-12-4-6-14(9)2/h4,6-7H,3,5H2,1-2H3,(H2,11,16,17). The number of nitrogens with zero attached hydrogens (tertiary/aromatic N) is 4. The van der Waals surface area contributed by atoms with E-state index < -0.39 is 10.0 Å². The Balaban J connectivity index is 2.16. The number of sulfonamides is 1. The van der Waals surface area contributed by atoms with Gasteiger partial charge in [-0.1, -0.05) is 0 Å². The van der Waals surface area contributed by atoms with Crippen molar-refractivity contribution in [3.8, 4) is 0 Å². The molecule has 0 amide bonds. The van der Waals surface area contributed by atoms with Crippen molar-refractivity contribution >= 4 is 10.0 Å². The third-order valence-electron chi connectivity index (χ3n) is 2.74. The van der Waals surface area contributed by atoms with Crippen molar-refractivity contribution in [3.05, 3.63) is 30.2 Å². The molecule has 0 radical (unpaired) electrons. The Morgan fingerprint density at radius 2 is 2.17 bits per heavy atom. The zero-order valence-corrected chi connectivity index (χ0v) is 11.1. The van der Waals surface area contributed by atoms with Crippen LogP contribution >= 0.6 is 0 Å². The van der Waals surface area contributed by atoms with Gasteiger partial charge in [0.2, 0.25) is 0 Å². The Morgan fingerprint density at radius 1 is 1.44 bits per heavy atom. The largest absolute Gasteiger partial charge is 0.338 e. The van der Waals surface area contributed by atoms with Gasteiger partial charge in [-0.05, 0) is 6.92 Å². The predicted molar refractivity (Wildman–Crippen MR) is 65.2 cm³/mol. The van der Waals surface area contributed by atoms with Gasteiger partial charge in [-0.25, -0.2) is 23.5 Å². The Kier molecular flexibility index (Phi) is 3.22. The average molecular weight is 269 g/mol. The smallest absolute Gasteiger partial charge is 0.257 e. The second kappa shape index (κ2) is 4.54. The van der Waals surface area contributed by atoms with Crippen molar-refractivity contribution in [2.75, 3.05) is 0 Å². The third kappa shape index (κ3) is 2.59. The van der Waals surface area contributed by atoms with Gasteiger partial charge in [-0.2, -0.15) is 0 Å². The maximum atomic E-state index is 11.2. The van der Waals surface area contributed by atoms with Crippen LogP contribution in [0.25, 0.3) is 0 Å². The van der Waals surface area contributed by atoms with Crippen LogP contribution in [0.2, 0.25) is 0 Å². The van der Waals surface area contributed by atoms with Gasteiger partial charge in [0.1, 0.15) is 11.6 Å². The first-order valence-corrected chi connectivity index (χ1v) is 6.95. The van der Waals surface area contributed by atoms with Crippen LogP contribution in [0.15, 0.2) is 23.6 Å². The molecule has 0 aliphatic heterocycles. The minimum Gasteiger partial charge on any atom is -0.338 e. The lowest BCUT2D eigenvalue weighted by molar-refractivity contribution is 0.594. The van der Waals surface area contributed by atoms with Gasteiger partial charge in [-0.3, -0.25) is 0 Å². The first-order valence-electron chi connectivity index (χ1n) is 5.40. The predicted octanol–water partition coefficient (Wildman–Crippen LogP) is -0.185. The summed E-state index contributed by atoms with van der Waals surface area (Å²) in [5.41, 5.74) is 0. The average Bonchev–Trinajstić information content (AvgIpc) is 2.82. The van der Waals surface area contributed by atoms with Crippen LogP contribution in [0, 0.1) is 6.92 Å². The molecule has 0 atom stereocenters. The van der Waals surface area contributed by atoms with Crippen molar-refractivity contribution in [1.29, 1.82) is 0 Å². The molecule has 0 saturated carbocycles. The zero-order chi connectivity index (χ0) is 13.3. The highest BCUT2D eigenvalue weighted by molar-refractivity contribution is 7.89. The fourth-order valence-corrected chi connectivity index (χ4v) is 2.23. The highest BCUT2D eigenvalue weighted by atomic mass is 32.2. The highest BCUT2D eigenvalue weighted by Crippen LogP contribution is 2.08. The number of nitrogens with two attached hydrogens (primary N) is 1. The molecule has 0 unspecified atom stereocenters. The van der Waals surface area contributed by atoms with E-state index in [0.29, 0.717) is 18.8 Å². The molecule has 2 N–H and O–H groups in total. The molecule has 7 nitrogen and oxygen atoms in total. The van der Waals surface area contributed by atoms with Gasteiger partial charge in [0.15, 0.2) is 5.03 Å². The summed E-state index contributed by atoms with van der Waals surface area (Å²) in [6.07, 6.45) is 5.75. The monoisotopic (exact) mass is 269 g/mol. The van der Waals surface area contributed by atoms with Crippen molar-refractivity contribution < 1.29 is 8.42 Å². The SMILES string of the molecule is Cc1nc(S(N)(=O)=O)cn1CCc1nccn1C. The van der Waals surface area contributed by atoms with Crippen LogP contribution in [-0.2, 0) is 30.0 Å². The van der Waals surface area contributed by atoms with E-state index in [4.69, 9.17) is 5.14 Å². The molecule has 2 heterocycles. The first kappa shape index (κ1) is 12.8. The molecule has 0 saturated heterocycles. The molecule has 0 aromatic carbocycles. The molecular formula is C10H15N5O2S. The van der Waals surface area contributed by atoms with E-state index in [0.717, 1.165) is 5.82 Å². The van der Waals surface area contributed by atoms with Gasteiger partial charge < -0.3 is 9.13 Å². The Hall–Kier alpha value is -1.67. The third-order valence-corrected chi connectivity index (χ3v) is 3.52. The first-order chi connectivity index (χ1) is 8.38. The number of imidazole rings is 2. The number of aromatic nitrogens is 4.